The summed E-state index contributed by atoms with van der Waals surface area (Å²) in [5.41, 5.74) is 1.21. The smallest absolute Gasteiger partial charge is 0.262 e. The zero-order valence-corrected chi connectivity index (χ0v) is 21.2. The van der Waals surface area contributed by atoms with E-state index < -0.39 is 5.25 Å². The predicted molar refractivity (Wildman–Crippen MR) is 138 cm³/mol. The minimum absolute atomic E-state index is 0.0179. The van der Waals surface area contributed by atoms with E-state index in [1.165, 1.54) is 11.8 Å². The number of anilines is 1. The van der Waals surface area contributed by atoms with Crippen LogP contribution >= 0.6 is 11.8 Å². The van der Waals surface area contributed by atoms with Crippen molar-refractivity contribution in [3.8, 4) is 5.75 Å². The van der Waals surface area contributed by atoms with Crippen LogP contribution in [0.5, 0.6) is 5.75 Å². The monoisotopic (exact) mass is 483 g/mol. The molecule has 7 nitrogen and oxygen atoms in total. The Morgan fingerprint density at radius 2 is 1.79 bits per heavy atom. The molecule has 8 heteroatoms. The maximum Gasteiger partial charge on any atom is 0.262 e. The van der Waals surface area contributed by atoms with Crippen molar-refractivity contribution in [2.45, 2.75) is 57.2 Å². The molecular weight excluding hydrogens is 450 g/mol. The number of ether oxygens (including phenoxy) is 2. The highest BCUT2D eigenvalue weighted by Gasteiger charge is 2.26. The van der Waals surface area contributed by atoms with E-state index in [2.05, 4.69) is 5.32 Å². The molecule has 0 aliphatic rings. The van der Waals surface area contributed by atoms with Gasteiger partial charge in [0, 0.05) is 18.8 Å². The Morgan fingerprint density at radius 1 is 1.09 bits per heavy atom. The number of amides is 1. The Balaban J connectivity index is 1.88. The number of hydrogen-bond acceptors (Lipinski definition) is 6. The molecule has 1 N–H and O–H groups in total. The molecule has 182 valence electrons. The molecule has 1 heterocycles. The summed E-state index contributed by atoms with van der Waals surface area (Å²) < 4.78 is 12.5. The molecule has 3 aromatic rings. The van der Waals surface area contributed by atoms with Crippen LogP contribution in [0.25, 0.3) is 10.9 Å². The molecule has 3 rings (SSSR count). The van der Waals surface area contributed by atoms with Crippen molar-refractivity contribution < 1.29 is 14.3 Å². The van der Waals surface area contributed by atoms with Gasteiger partial charge in [0.1, 0.15) is 5.75 Å². The molecule has 1 atom stereocenters. The van der Waals surface area contributed by atoms with Gasteiger partial charge in [0.05, 0.1) is 29.4 Å². The number of fused-ring (bicyclic) bond motifs is 1. The molecule has 0 bridgehead atoms. The quantitative estimate of drug-likeness (QED) is 0.235. The second-order valence-corrected chi connectivity index (χ2v) is 9.75. The first kappa shape index (κ1) is 25.8. The van der Waals surface area contributed by atoms with Gasteiger partial charge in [-0.15, -0.1) is 0 Å². The first-order chi connectivity index (χ1) is 16.3. The lowest BCUT2D eigenvalue weighted by molar-refractivity contribution is -0.116. The molecule has 0 aliphatic carbocycles. The van der Waals surface area contributed by atoms with E-state index in [4.69, 9.17) is 14.5 Å². The summed E-state index contributed by atoms with van der Waals surface area (Å²) in [6, 6.07) is 14.5. The lowest BCUT2D eigenvalue weighted by atomic mass is 10.1. The fourth-order valence-electron chi connectivity index (χ4n) is 3.47. The summed E-state index contributed by atoms with van der Waals surface area (Å²) in [6.45, 7) is 8.97. The van der Waals surface area contributed by atoms with Crippen LogP contribution in [0.15, 0.2) is 58.5 Å². The van der Waals surface area contributed by atoms with Crippen LogP contribution in [-0.4, -0.2) is 40.5 Å². The average Bonchev–Trinajstić information content (AvgIpc) is 2.81. The van der Waals surface area contributed by atoms with Gasteiger partial charge in [-0.3, -0.25) is 14.2 Å². The van der Waals surface area contributed by atoms with E-state index in [9.17, 15) is 9.59 Å². The van der Waals surface area contributed by atoms with Crippen molar-refractivity contribution in [1.29, 1.82) is 0 Å². The number of rotatable bonds is 11. The van der Waals surface area contributed by atoms with Crippen molar-refractivity contribution in [3.63, 3.8) is 0 Å². The standard InChI is InChI=1S/C26H33N3O4S/c1-17(2)23(24(30)27-19-11-13-20(32-5)14-12-19)34-26-28-22-10-7-6-9-21(22)25(31)29(26)15-8-16-33-18(3)4/h6-7,9-14,17-18,23H,8,15-16H2,1-5H3,(H,27,30). The predicted octanol–water partition coefficient (Wildman–Crippen LogP) is 4.98. The molecule has 0 fully saturated rings. The van der Waals surface area contributed by atoms with E-state index in [-0.39, 0.29) is 23.5 Å². The van der Waals surface area contributed by atoms with E-state index in [1.54, 1.807) is 42.0 Å². The zero-order chi connectivity index (χ0) is 24.7. The van der Waals surface area contributed by atoms with Crippen LogP contribution in [0.2, 0.25) is 0 Å². The first-order valence-corrected chi connectivity index (χ1v) is 12.4. The first-order valence-electron chi connectivity index (χ1n) is 11.5. The van der Waals surface area contributed by atoms with E-state index in [0.29, 0.717) is 41.3 Å². The van der Waals surface area contributed by atoms with Gasteiger partial charge in [-0.1, -0.05) is 37.7 Å². The van der Waals surface area contributed by atoms with Gasteiger partial charge in [0.25, 0.3) is 5.56 Å². The molecular formula is C26H33N3O4S. The summed E-state index contributed by atoms with van der Waals surface area (Å²) in [6.07, 6.45) is 0.808. The third kappa shape index (κ3) is 6.61. The number of hydrogen-bond donors (Lipinski definition) is 1. The molecule has 0 saturated carbocycles. The molecule has 0 radical (unpaired) electrons. The summed E-state index contributed by atoms with van der Waals surface area (Å²) >= 11 is 1.33. The van der Waals surface area contributed by atoms with E-state index in [1.807, 2.05) is 45.9 Å². The number of aromatic nitrogens is 2. The lowest BCUT2D eigenvalue weighted by Crippen LogP contribution is -2.32. The highest BCUT2D eigenvalue weighted by molar-refractivity contribution is 8.00. The van der Waals surface area contributed by atoms with Crippen LogP contribution in [0.4, 0.5) is 5.69 Å². The SMILES string of the molecule is COc1ccc(NC(=O)C(Sc2nc3ccccc3c(=O)n2CCCOC(C)C)C(C)C)cc1. The topological polar surface area (TPSA) is 82.5 Å². The molecule has 2 aromatic carbocycles. The van der Waals surface area contributed by atoms with Crippen LogP contribution in [-0.2, 0) is 16.1 Å². The maximum absolute atomic E-state index is 13.3. The third-order valence-corrected chi connectivity index (χ3v) is 6.79. The Kier molecular flexibility index (Phi) is 9.12. The van der Waals surface area contributed by atoms with Gasteiger partial charge < -0.3 is 14.8 Å². The normalized spacial score (nSPS) is 12.3. The molecule has 34 heavy (non-hydrogen) atoms. The van der Waals surface area contributed by atoms with Crippen molar-refractivity contribution in [1.82, 2.24) is 9.55 Å². The van der Waals surface area contributed by atoms with Gasteiger partial charge in [-0.25, -0.2) is 4.98 Å². The molecule has 1 aromatic heterocycles. The molecule has 1 amide bonds. The Hall–Kier alpha value is -2.84. The number of thioether (sulfide) groups is 1. The number of nitrogens with zero attached hydrogens (tertiary/aromatic N) is 2. The number of nitrogens with one attached hydrogen (secondary N) is 1. The van der Waals surface area contributed by atoms with Crippen molar-refractivity contribution >= 4 is 34.3 Å². The van der Waals surface area contributed by atoms with E-state index in [0.717, 1.165) is 5.75 Å². The minimum atomic E-state index is -0.437. The van der Waals surface area contributed by atoms with Gasteiger partial charge in [0.2, 0.25) is 5.91 Å². The van der Waals surface area contributed by atoms with Crippen molar-refractivity contribution in [2.75, 3.05) is 19.0 Å². The maximum atomic E-state index is 13.3. The Morgan fingerprint density at radius 3 is 2.44 bits per heavy atom. The second-order valence-electron chi connectivity index (χ2n) is 8.64. The fourth-order valence-corrected chi connectivity index (χ4v) is 4.59. The number of carbonyl (C=O) groups excluding carboxylic acids is 1. The minimum Gasteiger partial charge on any atom is -0.497 e. The highest BCUT2D eigenvalue weighted by atomic mass is 32.2. The fraction of sp³-hybridized carbons (Fsp3) is 0.423. The zero-order valence-electron chi connectivity index (χ0n) is 20.4. The summed E-state index contributed by atoms with van der Waals surface area (Å²) in [4.78, 5) is 31.3. The summed E-state index contributed by atoms with van der Waals surface area (Å²) in [7, 11) is 1.60. The van der Waals surface area contributed by atoms with Crippen LogP contribution in [0, 0.1) is 5.92 Å². The number of methoxy groups -OCH3 is 1. The van der Waals surface area contributed by atoms with Crippen LogP contribution in [0.3, 0.4) is 0 Å². The average molecular weight is 484 g/mol. The van der Waals surface area contributed by atoms with Crippen molar-refractivity contribution in [2.24, 2.45) is 5.92 Å². The van der Waals surface area contributed by atoms with Gasteiger partial charge >= 0.3 is 0 Å². The third-order valence-electron chi connectivity index (χ3n) is 5.26. The van der Waals surface area contributed by atoms with Crippen LogP contribution < -0.4 is 15.6 Å². The Bertz CT molecular complexity index is 1160. The Labute approximate surface area is 204 Å². The summed E-state index contributed by atoms with van der Waals surface area (Å²) in [5.74, 6) is 0.602. The number of para-hydroxylation sites is 1. The molecule has 0 saturated heterocycles. The number of benzene rings is 2. The lowest BCUT2D eigenvalue weighted by Gasteiger charge is -2.22. The van der Waals surface area contributed by atoms with Crippen LogP contribution in [0.1, 0.15) is 34.1 Å². The molecule has 0 spiro atoms. The molecule has 1 unspecified atom stereocenters. The van der Waals surface area contributed by atoms with Gasteiger partial charge in [0.15, 0.2) is 5.16 Å². The summed E-state index contributed by atoms with van der Waals surface area (Å²) in [5, 5.41) is 3.65. The number of carbonyl (C=O) groups is 1. The highest BCUT2D eigenvalue weighted by Crippen LogP contribution is 2.29. The van der Waals surface area contributed by atoms with Gasteiger partial charge in [-0.05, 0) is 62.6 Å². The largest absolute Gasteiger partial charge is 0.497 e. The second kappa shape index (κ2) is 12.0. The van der Waals surface area contributed by atoms with E-state index >= 15 is 0 Å². The van der Waals surface area contributed by atoms with Gasteiger partial charge in [-0.2, -0.15) is 0 Å². The van der Waals surface area contributed by atoms with Crippen molar-refractivity contribution in [3.05, 3.63) is 58.9 Å². The molecule has 0 aliphatic heterocycles.